The lowest BCUT2D eigenvalue weighted by atomic mass is 10.0. The summed E-state index contributed by atoms with van der Waals surface area (Å²) in [6.07, 6.45) is 3.26. The summed E-state index contributed by atoms with van der Waals surface area (Å²) in [5, 5.41) is 21.6. The standard InChI is InChI=1S/C14H16N2O3/c1-2-4-11(17)9-10-7-8-15-14-12(10)5-3-6-13(14)16(18)19/h3,5-8,11,17H,2,4,9H2,1H3. The van der Waals surface area contributed by atoms with Gasteiger partial charge in [0, 0.05) is 17.6 Å². The number of hydrogen-bond donors (Lipinski definition) is 1. The molecule has 1 aromatic heterocycles. The third kappa shape index (κ3) is 2.88. The number of hydrogen-bond acceptors (Lipinski definition) is 4. The molecule has 19 heavy (non-hydrogen) atoms. The number of para-hydroxylation sites is 1. The van der Waals surface area contributed by atoms with Crippen molar-refractivity contribution >= 4 is 16.6 Å². The molecule has 2 aromatic rings. The van der Waals surface area contributed by atoms with Gasteiger partial charge in [0.1, 0.15) is 5.52 Å². The summed E-state index contributed by atoms with van der Waals surface area (Å²) in [7, 11) is 0. The second kappa shape index (κ2) is 5.75. The van der Waals surface area contributed by atoms with E-state index in [-0.39, 0.29) is 5.69 Å². The van der Waals surface area contributed by atoms with Crippen LogP contribution in [0, 0.1) is 10.1 Å². The first kappa shape index (κ1) is 13.4. The van der Waals surface area contributed by atoms with Gasteiger partial charge in [0.25, 0.3) is 5.69 Å². The Morgan fingerprint density at radius 1 is 1.42 bits per heavy atom. The van der Waals surface area contributed by atoms with Crippen molar-refractivity contribution in [2.24, 2.45) is 0 Å². The fourth-order valence-electron chi connectivity index (χ4n) is 2.23. The zero-order chi connectivity index (χ0) is 13.8. The zero-order valence-corrected chi connectivity index (χ0v) is 10.7. The molecular formula is C14H16N2O3. The molecule has 0 radical (unpaired) electrons. The SMILES string of the molecule is CCCC(O)Cc1ccnc2c([N+](=O)[O-])cccc12. The van der Waals surface area contributed by atoms with Crippen LogP contribution in [0.1, 0.15) is 25.3 Å². The fourth-order valence-corrected chi connectivity index (χ4v) is 2.23. The third-order valence-corrected chi connectivity index (χ3v) is 3.11. The average molecular weight is 260 g/mol. The highest BCUT2D eigenvalue weighted by Crippen LogP contribution is 2.26. The van der Waals surface area contributed by atoms with Gasteiger partial charge in [0.05, 0.1) is 11.0 Å². The average Bonchev–Trinajstić information content (AvgIpc) is 2.38. The molecule has 5 nitrogen and oxygen atoms in total. The van der Waals surface area contributed by atoms with Crippen LogP contribution in [0.25, 0.3) is 10.9 Å². The van der Waals surface area contributed by atoms with Crippen LogP contribution in [0.5, 0.6) is 0 Å². The highest BCUT2D eigenvalue weighted by atomic mass is 16.6. The third-order valence-electron chi connectivity index (χ3n) is 3.11. The first-order chi connectivity index (χ1) is 9.13. The van der Waals surface area contributed by atoms with Crippen LogP contribution in [0.15, 0.2) is 30.5 Å². The maximum atomic E-state index is 11.0. The molecule has 0 aliphatic heterocycles. The summed E-state index contributed by atoms with van der Waals surface area (Å²) in [5.74, 6) is 0. The van der Waals surface area contributed by atoms with Crippen molar-refractivity contribution in [2.75, 3.05) is 0 Å². The van der Waals surface area contributed by atoms with Crippen molar-refractivity contribution in [3.63, 3.8) is 0 Å². The van der Waals surface area contributed by atoms with Crippen LogP contribution in [-0.4, -0.2) is 21.1 Å². The molecule has 1 N–H and O–H groups in total. The van der Waals surface area contributed by atoms with Crippen molar-refractivity contribution in [2.45, 2.75) is 32.3 Å². The van der Waals surface area contributed by atoms with Crippen molar-refractivity contribution < 1.29 is 10.0 Å². The lowest BCUT2D eigenvalue weighted by molar-refractivity contribution is -0.383. The molecule has 0 bridgehead atoms. The largest absolute Gasteiger partial charge is 0.393 e. The number of nitro benzene ring substituents is 1. The van der Waals surface area contributed by atoms with Gasteiger partial charge in [0.15, 0.2) is 0 Å². The Morgan fingerprint density at radius 3 is 2.89 bits per heavy atom. The van der Waals surface area contributed by atoms with Crippen molar-refractivity contribution in [3.05, 3.63) is 46.1 Å². The summed E-state index contributed by atoms with van der Waals surface area (Å²) in [6, 6.07) is 6.72. The Balaban J connectivity index is 2.46. The Hall–Kier alpha value is -2.01. The summed E-state index contributed by atoms with van der Waals surface area (Å²) in [5.41, 5.74) is 1.28. The quantitative estimate of drug-likeness (QED) is 0.662. The van der Waals surface area contributed by atoms with E-state index in [1.165, 1.54) is 6.07 Å². The maximum Gasteiger partial charge on any atom is 0.295 e. The number of pyridine rings is 1. The molecule has 0 saturated heterocycles. The molecule has 0 aliphatic carbocycles. The van der Waals surface area contributed by atoms with Crippen molar-refractivity contribution in [1.29, 1.82) is 0 Å². The minimum absolute atomic E-state index is 0.00401. The molecule has 2 rings (SSSR count). The molecule has 0 saturated carbocycles. The summed E-state index contributed by atoms with van der Waals surface area (Å²) in [6.45, 7) is 2.01. The number of fused-ring (bicyclic) bond motifs is 1. The van der Waals surface area contributed by atoms with Crippen LogP contribution >= 0.6 is 0 Å². The number of aliphatic hydroxyl groups excluding tert-OH is 1. The number of aliphatic hydroxyl groups is 1. The summed E-state index contributed by atoms with van der Waals surface area (Å²) >= 11 is 0. The van der Waals surface area contributed by atoms with Gasteiger partial charge < -0.3 is 5.11 Å². The number of nitrogens with zero attached hydrogens (tertiary/aromatic N) is 2. The van der Waals surface area contributed by atoms with E-state index in [1.807, 2.05) is 19.1 Å². The summed E-state index contributed by atoms with van der Waals surface area (Å²) < 4.78 is 0. The predicted molar refractivity (Wildman–Crippen MR) is 73.0 cm³/mol. The van der Waals surface area contributed by atoms with E-state index >= 15 is 0 Å². The monoisotopic (exact) mass is 260 g/mol. The fraction of sp³-hybridized carbons (Fsp3) is 0.357. The predicted octanol–water partition coefficient (Wildman–Crippen LogP) is 2.85. The highest BCUT2D eigenvalue weighted by Gasteiger charge is 2.15. The van der Waals surface area contributed by atoms with E-state index in [9.17, 15) is 15.2 Å². The number of nitro groups is 1. The van der Waals surface area contributed by atoms with Crippen molar-refractivity contribution in [1.82, 2.24) is 4.98 Å². The van der Waals surface area contributed by atoms with E-state index in [1.54, 1.807) is 12.3 Å². The van der Waals surface area contributed by atoms with Gasteiger partial charge in [-0.1, -0.05) is 25.5 Å². The van der Waals surface area contributed by atoms with Gasteiger partial charge in [0.2, 0.25) is 0 Å². The number of rotatable bonds is 5. The maximum absolute atomic E-state index is 11.0. The van der Waals surface area contributed by atoms with Crippen LogP contribution < -0.4 is 0 Å². The Morgan fingerprint density at radius 2 is 2.21 bits per heavy atom. The zero-order valence-electron chi connectivity index (χ0n) is 10.7. The van der Waals surface area contributed by atoms with Crippen LogP contribution in [0.3, 0.4) is 0 Å². The lowest BCUT2D eigenvalue weighted by Gasteiger charge is -2.11. The van der Waals surface area contributed by atoms with Gasteiger partial charge in [-0.15, -0.1) is 0 Å². The smallest absolute Gasteiger partial charge is 0.295 e. The van der Waals surface area contributed by atoms with E-state index in [0.717, 1.165) is 23.8 Å². The van der Waals surface area contributed by atoms with Gasteiger partial charge in [-0.05, 0) is 24.5 Å². The van der Waals surface area contributed by atoms with Crippen LogP contribution in [0.4, 0.5) is 5.69 Å². The molecule has 1 heterocycles. The molecule has 0 aliphatic rings. The molecule has 100 valence electrons. The van der Waals surface area contributed by atoms with E-state index in [0.29, 0.717) is 11.9 Å². The Labute approximate surface area is 111 Å². The molecule has 0 fully saturated rings. The van der Waals surface area contributed by atoms with E-state index in [2.05, 4.69) is 4.98 Å². The lowest BCUT2D eigenvalue weighted by Crippen LogP contribution is -2.10. The van der Waals surface area contributed by atoms with Gasteiger partial charge in [-0.3, -0.25) is 10.1 Å². The van der Waals surface area contributed by atoms with Gasteiger partial charge in [-0.25, -0.2) is 4.98 Å². The van der Waals surface area contributed by atoms with Crippen LogP contribution in [0.2, 0.25) is 0 Å². The van der Waals surface area contributed by atoms with Crippen LogP contribution in [-0.2, 0) is 6.42 Å². The second-order valence-corrected chi connectivity index (χ2v) is 4.55. The molecule has 1 atom stereocenters. The molecule has 1 unspecified atom stereocenters. The van der Waals surface area contributed by atoms with Crippen molar-refractivity contribution in [3.8, 4) is 0 Å². The van der Waals surface area contributed by atoms with E-state index < -0.39 is 11.0 Å². The number of non-ortho nitro benzene ring substituents is 1. The first-order valence-corrected chi connectivity index (χ1v) is 6.32. The minimum atomic E-state index is -0.429. The molecule has 5 heteroatoms. The molecule has 1 aromatic carbocycles. The minimum Gasteiger partial charge on any atom is -0.393 e. The second-order valence-electron chi connectivity index (χ2n) is 4.55. The van der Waals surface area contributed by atoms with Gasteiger partial charge in [-0.2, -0.15) is 0 Å². The Kier molecular flexibility index (Phi) is 4.06. The first-order valence-electron chi connectivity index (χ1n) is 6.32. The van der Waals surface area contributed by atoms with Gasteiger partial charge >= 0.3 is 0 Å². The molecular weight excluding hydrogens is 244 g/mol. The molecule has 0 spiro atoms. The normalized spacial score (nSPS) is 12.5. The Bertz CT molecular complexity index is 598. The number of aromatic nitrogens is 1. The highest BCUT2D eigenvalue weighted by molar-refractivity contribution is 5.89. The summed E-state index contributed by atoms with van der Waals surface area (Å²) in [4.78, 5) is 14.6. The number of benzene rings is 1. The van der Waals surface area contributed by atoms with E-state index in [4.69, 9.17) is 0 Å². The molecule has 0 amide bonds. The topological polar surface area (TPSA) is 76.3 Å².